The second kappa shape index (κ2) is 11.6. The third kappa shape index (κ3) is 6.80. The van der Waals surface area contributed by atoms with Crippen LogP contribution < -0.4 is 5.56 Å². The first-order valence-electron chi connectivity index (χ1n) is 11.2. The molecule has 0 bridgehead atoms. The van der Waals surface area contributed by atoms with Gasteiger partial charge in [0.1, 0.15) is 11.2 Å². The molecule has 2 aromatic heterocycles. The molecule has 0 spiro atoms. The van der Waals surface area contributed by atoms with E-state index in [4.69, 9.17) is 14.9 Å². The number of hydroxylamine groups is 2. The number of rotatable bonds is 6. The Kier molecular flexibility index (Phi) is 9.41. The molecule has 194 valence electrons. The lowest BCUT2D eigenvalue weighted by Crippen LogP contribution is -2.41. The van der Waals surface area contributed by atoms with Crippen LogP contribution in [0, 0.1) is 5.41 Å². The molecule has 12 nitrogen and oxygen atoms in total. The molecule has 35 heavy (non-hydrogen) atoms. The van der Waals surface area contributed by atoms with Crippen LogP contribution in [-0.2, 0) is 14.3 Å². The first-order valence-corrected chi connectivity index (χ1v) is 11.2. The van der Waals surface area contributed by atoms with Crippen molar-refractivity contribution in [2.75, 3.05) is 26.8 Å². The van der Waals surface area contributed by atoms with Crippen molar-refractivity contribution in [2.45, 2.75) is 58.0 Å². The number of ether oxygens (including phenoxy) is 2. The quantitative estimate of drug-likeness (QED) is 0.177. The number of carbonyl (C=O) groups is 2. The molecule has 0 saturated carbocycles. The highest BCUT2D eigenvalue weighted by Gasteiger charge is 2.30. The second-order valence-corrected chi connectivity index (χ2v) is 9.27. The Labute approximate surface area is 209 Å². The number of hydrogen-bond donors (Lipinski definition) is 3. The standard InChI is InChI=1S/C22H32N6O6.ClH/c1-22(2,3)34-21(31)26-9-7-14(8-10-26)16-12-17(29)25-20-15(13-24-27(16)20)19(23)28(32)18(30)6-5-11-33-4;/h12-14,23,32H,5-11H2,1-4H3,(H,25,29);1H. The van der Waals surface area contributed by atoms with Crippen LogP contribution in [0.15, 0.2) is 17.1 Å². The van der Waals surface area contributed by atoms with Gasteiger partial charge in [0.05, 0.1) is 17.5 Å². The number of fused-ring (bicyclic) bond motifs is 1. The molecule has 2 aromatic rings. The zero-order chi connectivity index (χ0) is 25.0. The minimum atomic E-state index is -0.658. The van der Waals surface area contributed by atoms with Crippen molar-refractivity contribution in [3.05, 3.63) is 33.9 Å². The van der Waals surface area contributed by atoms with Gasteiger partial charge >= 0.3 is 6.09 Å². The van der Waals surface area contributed by atoms with Crippen LogP contribution in [0.4, 0.5) is 4.79 Å². The van der Waals surface area contributed by atoms with Gasteiger partial charge in [0, 0.05) is 45.2 Å². The van der Waals surface area contributed by atoms with Crippen LogP contribution in [0.3, 0.4) is 0 Å². The molecule has 0 aromatic carbocycles. The number of piperidine rings is 1. The lowest BCUT2D eigenvalue weighted by atomic mass is 9.93. The van der Waals surface area contributed by atoms with Crippen molar-refractivity contribution in [2.24, 2.45) is 0 Å². The summed E-state index contributed by atoms with van der Waals surface area (Å²) >= 11 is 0. The van der Waals surface area contributed by atoms with Gasteiger partial charge in [-0.05, 0) is 40.0 Å². The zero-order valence-electron chi connectivity index (χ0n) is 20.4. The number of H-pyrrole nitrogens is 1. The lowest BCUT2D eigenvalue weighted by molar-refractivity contribution is -0.149. The Morgan fingerprint density at radius 1 is 1.31 bits per heavy atom. The number of halogens is 1. The maximum atomic E-state index is 12.4. The van der Waals surface area contributed by atoms with E-state index in [1.807, 2.05) is 20.8 Å². The van der Waals surface area contributed by atoms with Crippen LogP contribution in [-0.4, -0.2) is 80.0 Å². The van der Waals surface area contributed by atoms with E-state index in [0.717, 1.165) is 0 Å². The third-order valence-electron chi connectivity index (χ3n) is 5.54. The van der Waals surface area contributed by atoms with Crippen LogP contribution >= 0.6 is 12.4 Å². The van der Waals surface area contributed by atoms with E-state index in [1.54, 1.807) is 4.90 Å². The first-order chi connectivity index (χ1) is 16.0. The lowest BCUT2D eigenvalue weighted by Gasteiger charge is -2.33. The van der Waals surface area contributed by atoms with Crippen LogP contribution in [0.2, 0.25) is 0 Å². The average Bonchev–Trinajstić information content (AvgIpc) is 3.20. The topological polar surface area (TPSA) is 153 Å². The Hall–Kier alpha value is -2.96. The summed E-state index contributed by atoms with van der Waals surface area (Å²) in [6.45, 7) is 6.75. The molecular weight excluding hydrogens is 480 g/mol. The highest BCUT2D eigenvalue weighted by molar-refractivity contribution is 6.08. The van der Waals surface area contributed by atoms with Crippen molar-refractivity contribution in [1.29, 1.82) is 5.41 Å². The molecule has 1 aliphatic rings. The van der Waals surface area contributed by atoms with Gasteiger partial charge in [-0.2, -0.15) is 10.2 Å². The van der Waals surface area contributed by atoms with E-state index in [1.165, 1.54) is 23.9 Å². The Bertz CT molecular complexity index is 1120. The van der Waals surface area contributed by atoms with Gasteiger partial charge in [-0.1, -0.05) is 0 Å². The molecule has 1 fully saturated rings. The van der Waals surface area contributed by atoms with E-state index in [9.17, 15) is 19.6 Å². The molecular formula is C22H33ClN6O6. The number of likely N-dealkylation sites (tertiary alicyclic amines) is 1. The fourth-order valence-corrected chi connectivity index (χ4v) is 3.87. The summed E-state index contributed by atoms with van der Waals surface area (Å²) in [4.78, 5) is 41.2. The largest absolute Gasteiger partial charge is 0.444 e. The summed E-state index contributed by atoms with van der Waals surface area (Å²) in [5, 5.41) is 23.0. The third-order valence-corrected chi connectivity index (χ3v) is 5.54. The maximum Gasteiger partial charge on any atom is 0.410 e. The van der Waals surface area contributed by atoms with Crippen LogP contribution in [0.5, 0.6) is 0 Å². The highest BCUT2D eigenvalue weighted by Crippen LogP contribution is 2.28. The molecule has 0 aliphatic carbocycles. The summed E-state index contributed by atoms with van der Waals surface area (Å²) in [6, 6.07) is 1.45. The SMILES string of the molecule is COCCCC(=O)N(O)C(=N)c1cnn2c(C3CCN(C(=O)OC(C)(C)C)CC3)cc(=O)[nH]c12.Cl. The monoisotopic (exact) mass is 512 g/mol. The van der Waals surface area contributed by atoms with E-state index in [2.05, 4.69) is 10.1 Å². The number of hydrogen-bond acceptors (Lipinski definition) is 8. The van der Waals surface area contributed by atoms with Gasteiger partial charge in [-0.25, -0.2) is 9.31 Å². The Balaban J connectivity index is 0.00000432. The molecule has 0 radical (unpaired) electrons. The first kappa shape index (κ1) is 28.3. The minimum absolute atomic E-state index is 0. The molecule has 13 heteroatoms. The van der Waals surface area contributed by atoms with E-state index < -0.39 is 17.3 Å². The fraction of sp³-hybridized carbons (Fsp3) is 0.591. The number of methoxy groups -OCH3 is 1. The average molecular weight is 513 g/mol. The summed E-state index contributed by atoms with van der Waals surface area (Å²) < 4.78 is 11.9. The summed E-state index contributed by atoms with van der Waals surface area (Å²) in [5.41, 5.74) is 0.00716. The number of carbonyl (C=O) groups excluding carboxylic acids is 2. The Morgan fingerprint density at radius 2 is 1.97 bits per heavy atom. The molecule has 2 amide bonds. The smallest absolute Gasteiger partial charge is 0.410 e. The number of nitrogens with one attached hydrogen (secondary N) is 2. The number of nitrogens with zero attached hydrogens (tertiary/aromatic N) is 4. The molecule has 1 saturated heterocycles. The summed E-state index contributed by atoms with van der Waals surface area (Å²) in [6.07, 6.45) is 2.58. The second-order valence-electron chi connectivity index (χ2n) is 9.27. The van der Waals surface area contributed by atoms with Gasteiger partial charge < -0.3 is 19.4 Å². The fourth-order valence-electron chi connectivity index (χ4n) is 3.87. The van der Waals surface area contributed by atoms with Gasteiger partial charge in [-0.15, -0.1) is 12.4 Å². The van der Waals surface area contributed by atoms with Crippen LogP contribution in [0.25, 0.3) is 5.65 Å². The number of amidine groups is 1. The Morgan fingerprint density at radius 3 is 2.57 bits per heavy atom. The van der Waals surface area contributed by atoms with E-state index in [0.29, 0.717) is 44.7 Å². The molecule has 1 aliphatic heterocycles. The maximum absolute atomic E-state index is 12.4. The zero-order valence-corrected chi connectivity index (χ0v) is 21.2. The highest BCUT2D eigenvalue weighted by atomic mass is 35.5. The number of amides is 2. The minimum Gasteiger partial charge on any atom is -0.444 e. The summed E-state index contributed by atoms with van der Waals surface area (Å²) in [5.74, 6) is -1.19. The predicted octanol–water partition coefficient (Wildman–Crippen LogP) is 2.53. The van der Waals surface area contributed by atoms with Gasteiger partial charge in [-0.3, -0.25) is 20.2 Å². The molecule has 3 rings (SSSR count). The molecule has 3 heterocycles. The van der Waals surface area contributed by atoms with E-state index >= 15 is 0 Å². The number of aromatic nitrogens is 3. The van der Waals surface area contributed by atoms with Gasteiger partial charge in [0.25, 0.3) is 11.5 Å². The number of aromatic amines is 1. The van der Waals surface area contributed by atoms with Crippen LogP contribution in [0.1, 0.15) is 63.6 Å². The normalized spacial score (nSPS) is 14.5. The van der Waals surface area contributed by atoms with Crippen molar-refractivity contribution < 1.29 is 24.3 Å². The van der Waals surface area contributed by atoms with E-state index in [-0.39, 0.29) is 52.7 Å². The van der Waals surface area contributed by atoms with Crippen molar-refractivity contribution in [3.63, 3.8) is 0 Å². The predicted molar refractivity (Wildman–Crippen MR) is 129 cm³/mol. The molecule has 0 atom stereocenters. The molecule has 0 unspecified atom stereocenters. The summed E-state index contributed by atoms with van der Waals surface area (Å²) in [7, 11) is 1.51. The van der Waals surface area contributed by atoms with Gasteiger partial charge in [0.2, 0.25) is 0 Å². The van der Waals surface area contributed by atoms with Gasteiger partial charge in [0.15, 0.2) is 5.84 Å². The van der Waals surface area contributed by atoms with Crippen molar-refractivity contribution in [1.82, 2.24) is 24.6 Å². The van der Waals surface area contributed by atoms with Crippen molar-refractivity contribution >= 4 is 35.9 Å². The van der Waals surface area contributed by atoms with Crippen molar-refractivity contribution in [3.8, 4) is 0 Å². The molecule has 3 N–H and O–H groups in total.